The van der Waals surface area contributed by atoms with Gasteiger partial charge in [0.05, 0.1) is 29.9 Å². The van der Waals surface area contributed by atoms with Crippen molar-refractivity contribution in [2.24, 2.45) is 5.10 Å². The summed E-state index contributed by atoms with van der Waals surface area (Å²) in [6, 6.07) is 22.9. The van der Waals surface area contributed by atoms with Crippen LogP contribution >= 0.6 is 27.5 Å². The van der Waals surface area contributed by atoms with Crippen molar-refractivity contribution in [3.8, 4) is 23.1 Å². The molecule has 6 rings (SSSR count). The minimum Gasteiger partial charge on any atom is -0.493 e. The van der Waals surface area contributed by atoms with E-state index in [-0.39, 0.29) is 23.0 Å². The molecule has 0 saturated heterocycles. The van der Waals surface area contributed by atoms with Crippen LogP contribution in [0.5, 0.6) is 11.5 Å². The molecule has 9 nitrogen and oxygen atoms in total. The van der Waals surface area contributed by atoms with Crippen molar-refractivity contribution in [1.82, 2.24) is 9.66 Å². The highest BCUT2D eigenvalue weighted by Crippen LogP contribution is 2.34. The first kappa shape index (κ1) is 29.1. The molecule has 0 aliphatic carbocycles. The molecule has 0 bridgehead atoms. The summed E-state index contributed by atoms with van der Waals surface area (Å²) in [5.74, 6) is -0.248. The first-order valence-electron chi connectivity index (χ1n) is 13.1. The predicted octanol–water partition coefficient (Wildman–Crippen LogP) is 7.27. The number of aromatic nitrogens is 2. The SMILES string of the molecule is COc1cc(Br)cc(C=Nn2c(-c3cc4cc(Cl)ccc4o3)nc3ccccc3c2=O)c1OCC(=O)Nc1ccccc1F. The van der Waals surface area contributed by atoms with Gasteiger partial charge in [0.2, 0.25) is 5.82 Å². The summed E-state index contributed by atoms with van der Waals surface area (Å²) >= 11 is 9.61. The number of para-hydroxylation sites is 2. The third kappa shape index (κ3) is 5.92. The van der Waals surface area contributed by atoms with Crippen LogP contribution in [0, 0.1) is 5.82 Å². The van der Waals surface area contributed by atoms with Gasteiger partial charge in [-0.05, 0) is 60.7 Å². The highest BCUT2D eigenvalue weighted by atomic mass is 79.9. The maximum Gasteiger partial charge on any atom is 0.282 e. The molecule has 0 atom stereocenters. The van der Waals surface area contributed by atoms with Gasteiger partial charge < -0.3 is 19.2 Å². The molecule has 2 heterocycles. The second kappa shape index (κ2) is 12.3. The minimum atomic E-state index is -0.592. The number of nitrogens with one attached hydrogen (secondary N) is 1. The van der Waals surface area contributed by atoms with Crippen molar-refractivity contribution in [3.05, 3.63) is 116 Å². The Balaban J connectivity index is 1.40. The number of fused-ring (bicyclic) bond motifs is 2. The molecule has 0 fully saturated rings. The molecule has 0 saturated carbocycles. The zero-order chi connectivity index (χ0) is 30.8. The fourth-order valence-corrected chi connectivity index (χ4v) is 5.15. The van der Waals surface area contributed by atoms with E-state index in [0.717, 1.165) is 10.1 Å². The number of furan rings is 1. The molecule has 44 heavy (non-hydrogen) atoms. The quantitative estimate of drug-likeness (QED) is 0.170. The van der Waals surface area contributed by atoms with E-state index in [4.69, 9.17) is 30.5 Å². The van der Waals surface area contributed by atoms with Crippen molar-refractivity contribution in [2.75, 3.05) is 19.0 Å². The van der Waals surface area contributed by atoms with E-state index in [2.05, 4.69) is 26.3 Å². The molecule has 0 aliphatic rings. The molecule has 1 N–H and O–H groups in total. The molecule has 0 spiro atoms. The third-order valence-electron chi connectivity index (χ3n) is 6.53. The Hall–Kier alpha value is -5.00. The van der Waals surface area contributed by atoms with E-state index < -0.39 is 23.9 Å². The molecule has 220 valence electrons. The van der Waals surface area contributed by atoms with Crippen molar-refractivity contribution in [1.29, 1.82) is 0 Å². The molecular formula is C32H21BrClFN4O5. The Kier molecular flexibility index (Phi) is 8.14. The Morgan fingerprint density at radius 2 is 1.91 bits per heavy atom. The molecule has 4 aromatic carbocycles. The second-order valence-corrected chi connectivity index (χ2v) is 10.8. The Bertz CT molecular complexity index is 2150. The smallest absolute Gasteiger partial charge is 0.282 e. The van der Waals surface area contributed by atoms with Gasteiger partial charge >= 0.3 is 0 Å². The number of ether oxygens (including phenoxy) is 2. The summed E-state index contributed by atoms with van der Waals surface area (Å²) in [7, 11) is 1.44. The molecule has 12 heteroatoms. The van der Waals surface area contributed by atoms with Gasteiger partial charge in [-0.2, -0.15) is 9.78 Å². The van der Waals surface area contributed by atoms with Gasteiger partial charge in [0.25, 0.3) is 11.5 Å². The minimum absolute atomic E-state index is 0.0224. The lowest BCUT2D eigenvalue weighted by Crippen LogP contribution is -2.21. The number of halogens is 3. The highest BCUT2D eigenvalue weighted by Gasteiger charge is 2.18. The van der Waals surface area contributed by atoms with Crippen molar-refractivity contribution in [3.63, 3.8) is 0 Å². The highest BCUT2D eigenvalue weighted by molar-refractivity contribution is 9.10. The van der Waals surface area contributed by atoms with Crippen LogP contribution in [0.2, 0.25) is 5.02 Å². The monoisotopic (exact) mass is 674 g/mol. The van der Waals surface area contributed by atoms with E-state index in [1.54, 1.807) is 66.7 Å². The van der Waals surface area contributed by atoms with Gasteiger partial charge in [-0.3, -0.25) is 9.59 Å². The molecule has 6 aromatic rings. The summed E-state index contributed by atoms with van der Waals surface area (Å²) in [6.07, 6.45) is 1.39. The zero-order valence-electron chi connectivity index (χ0n) is 22.9. The number of hydrogen-bond acceptors (Lipinski definition) is 7. The molecule has 0 radical (unpaired) electrons. The number of nitrogens with zero attached hydrogens (tertiary/aromatic N) is 3. The fourth-order valence-electron chi connectivity index (χ4n) is 4.51. The summed E-state index contributed by atoms with van der Waals surface area (Å²) in [4.78, 5) is 31.0. The van der Waals surface area contributed by atoms with Gasteiger partial charge in [-0.25, -0.2) is 9.37 Å². The average molecular weight is 676 g/mol. The lowest BCUT2D eigenvalue weighted by molar-refractivity contribution is -0.118. The second-order valence-electron chi connectivity index (χ2n) is 9.45. The lowest BCUT2D eigenvalue weighted by atomic mass is 10.2. The Labute approximate surface area is 262 Å². The summed E-state index contributed by atoms with van der Waals surface area (Å²) < 4.78 is 33.1. The van der Waals surface area contributed by atoms with Crippen LogP contribution in [-0.4, -0.2) is 35.5 Å². The van der Waals surface area contributed by atoms with Crippen LogP contribution < -0.4 is 20.3 Å². The van der Waals surface area contributed by atoms with Crippen LogP contribution in [-0.2, 0) is 4.79 Å². The lowest BCUT2D eigenvalue weighted by Gasteiger charge is -2.14. The Morgan fingerprint density at radius 1 is 1.11 bits per heavy atom. The normalized spacial score (nSPS) is 11.4. The fraction of sp³-hybridized carbons (Fsp3) is 0.0625. The molecular weight excluding hydrogens is 655 g/mol. The van der Waals surface area contributed by atoms with Gasteiger partial charge in [0.1, 0.15) is 11.4 Å². The first-order chi connectivity index (χ1) is 21.3. The van der Waals surface area contributed by atoms with E-state index in [9.17, 15) is 14.0 Å². The first-order valence-corrected chi connectivity index (χ1v) is 14.3. The third-order valence-corrected chi connectivity index (χ3v) is 7.22. The number of carbonyl (C=O) groups is 1. The van der Waals surface area contributed by atoms with Gasteiger partial charge in [-0.1, -0.05) is 51.8 Å². The van der Waals surface area contributed by atoms with Crippen molar-refractivity contribution >= 4 is 67.2 Å². The number of carbonyl (C=O) groups excluding carboxylic acids is 1. The van der Waals surface area contributed by atoms with Crippen LogP contribution in [0.25, 0.3) is 33.5 Å². The topological polar surface area (TPSA) is 108 Å². The summed E-state index contributed by atoms with van der Waals surface area (Å²) in [6.45, 7) is -0.461. The Morgan fingerprint density at radius 3 is 2.73 bits per heavy atom. The van der Waals surface area contributed by atoms with Gasteiger partial charge in [0, 0.05) is 20.4 Å². The molecule has 1 amide bonds. The van der Waals surface area contributed by atoms with Crippen LogP contribution in [0.15, 0.2) is 104 Å². The summed E-state index contributed by atoms with van der Waals surface area (Å²) in [5.41, 5.74) is 0.982. The van der Waals surface area contributed by atoms with Crippen molar-refractivity contribution < 1.29 is 23.1 Å². The largest absolute Gasteiger partial charge is 0.493 e. The van der Waals surface area contributed by atoms with Crippen LogP contribution in [0.1, 0.15) is 5.56 Å². The van der Waals surface area contributed by atoms with E-state index in [1.165, 1.54) is 31.5 Å². The van der Waals surface area contributed by atoms with E-state index in [0.29, 0.717) is 37.3 Å². The van der Waals surface area contributed by atoms with Gasteiger partial charge in [-0.15, -0.1) is 0 Å². The van der Waals surface area contributed by atoms with Crippen LogP contribution in [0.4, 0.5) is 10.1 Å². The van der Waals surface area contributed by atoms with Gasteiger partial charge in [0.15, 0.2) is 23.9 Å². The maximum absolute atomic E-state index is 14.0. The zero-order valence-corrected chi connectivity index (χ0v) is 25.2. The molecule has 2 aromatic heterocycles. The summed E-state index contributed by atoms with van der Waals surface area (Å²) in [5, 5.41) is 8.58. The molecule has 0 aliphatic heterocycles. The number of anilines is 1. The number of hydrogen-bond donors (Lipinski definition) is 1. The molecule has 0 unspecified atom stereocenters. The van der Waals surface area contributed by atoms with Crippen LogP contribution in [0.3, 0.4) is 0 Å². The number of amides is 1. The number of methoxy groups -OCH3 is 1. The van der Waals surface area contributed by atoms with Crippen molar-refractivity contribution in [2.45, 2.75) is 0 Å². The standard InChI is InChI=1S/C32H21BrClFN4O5/c1-42-27-15-20(33)12-19(30(27)43-17-29(40)37-25-9-5-3-7-23(25)35)16-36-39-31(38-24-8-4-2-6-22(24)32(39)41)28-14-18-13-21(34)10-11-26(18)44-28/h2-16H,17H2,1H3,(H,37,40). The average Bonchev–Trinajstić information content (AvgIpc) is 3.44. The van der Waals surface area contributed by atoms with E-state index in [1.807, 2.05) is 0 Å². The predicted molar refractivity (Wildman–Crippen MR) is 170 cm³/mol. The number of rotatable bonds is 8. The maximum atomic E-state index is 14.0. The number of benzene rings is 4. The van der Waals surface area contributed by atoms with E-state index >= 15 is 0 Å².